The first kappa shape index (κ1) is 15.1. The van der Waals surface area contributed by atoms with Gasteiger partial charge in [-0.1, -0.05) is 33.8 Å². The van der Waals surface area contributed by atoms with Crippen LogP contribution in [-0.2, 0) is 0 Å². The zero-order chi connectivity index (χ0) is 11.6. The predicted molar refractivity (Wildman–Crippen MR) is 58.5 cm³/mol. The van der Waals surface area contributed by atoms with Crippen LogP contribution in [0.1, 0.15) is 38.8 Å². The third-order valence-electron chi connectivity index (χ3n) is 1.32. The molecule has 0 N–H and O–H groups in total. The van der Waals surface area contributed by atoms with E-state index in [1.54, 1.807) is 13.0 Å². The zero-order valence-corrected chi connectivity index (χ0v) is 9.56. The monoisotopic (exact) mass is 195 g/mol. The van der Waals surface area contributed by atoms with Crippen molar-refractivity contribution in [2.75, 3.05) is 0 Å². The van der Waals surface area contributed by atoms with Gasteiger partial charge in [-0.3, -0.25) is 0 Å². The summed E-state index contributed by atoms with van der Waals surface area (Å²) in [5.41, 5.74) is 1.21. The van der Waals surface area contributed by atoms with Crippen LogP contribution in [0, 0.1) is 24.1 Å². The van der Waals surface area contributed by atoms with Crippen LogP contribution in [0.5, 0.6) is 0 Å². The smallest absolute Gasteiger partial charge is 0.124 e. The maximum Gasteiger partial charge on any atom is 0.124 e. The van der Waals surface area contributed by atoms with Gasteiger partial charge in [-0.2, -0.15) is 5.26 Å². The van der Waals surface area contributed by atoms with E-state index >= 15 is 0 Å². The fourth-order valence-corrected chi connectivity index (χ4v) is 0.715. The molecule has 78 valence electrons. The largest absolute Gasteiger partial charge is 0.207 e. The molecule has 0 aromatic heterocycles. The summed E-state index contributed by atoms with van der Waals surface area (Å²) in [5.74, 6) is -0.359. The molecule has 0 saturated heterocycles. The van der Waals surface area contributed by atoms with Crippen molar-refractivity contribution < 1.29 is 4.39 Å². The lowest BCUT2D eigenvalue weighted by Gasteiger charge is -1.93. The Labute approximate surface area is 86.2 Å². The summed E-state index contributed by atoms with van der Waals surface area (Å²) in [7, 11) is 0. The molecule has 14 heavy (non-hydrogen) atoms. The van der Waals surface area contributed by atoms with Gasteiger partial charge in [-0.25, -0.2) is 4.39 Å². The molecule has 0 aliphatic heterocycles. The Balaban J connectivity index is 0. The average molecular weight is 195 g/mol. The van der Waals surface area contributed by atoms with Crippen LogP contribution in [0.4, 0.5) is 4.39 Å². The number of halogens is 1. The molecule has 1 aromatic rings. The van der Waals surface area contributed by atoms with Crippen molar-refractivity contribution in [3.8, 4) is 6.07 Å². The highest BCUT2D eigenvalue weighted by molar-refractivity contribution is 5.36. The van der Waals surface area contributed by atoms with Crippen molar-refractivity contribution >= 4 is 0 Å². The predicted octanol–water partition coefficient (Wildman–Crippen LogP) is 4.06. The van der Waals surface area contributed by atoms with Gasteiger partial charge >= 0.3 is 0 Å². The van der Waals surface area contributed by atoms with Crippen LogP contribution in [-0.4, -0.2) is 0 Å². The number of aryl methyl sites for hydroxylation is 1. The molecule has 0 fully saturated rings. The molecule has 0 saturated carbocycles. The molecule has 0 radical (unpaired) electrons. The van der Waals surface area contributed by atoms with Crippen molar-refractivity contribution in [3.05, 3.63) is 35.1 Å². The molecule has 0 bridgehead atoms. The third kappa shape index (κ3) is 5.31. The number of hydrogen-bond acceptors (Lipinski definition) is 1. The van der Waals surface area contributed by atoms with Gasteiger partial charge in [0.1, 0.15) is 5.82 Å². The Morgan fingerprint density at radius 2 is 1.64 bits per heavy atom. The molecule has 0 amide bonds. The van der Waals surface area contributed by atoms with E-state index in [0.717, 1.165) is 5.56 Å². The molecule has 1 rings (SSSR count). The van der Waals surface area contributed by atoms with E-state index in [1.165, 1.54) is 12.1 Å². The lowest BCUT2D eigenvalue weighted by Crippen LogP contribution is -1.82. The molecule has 2 heteroatoms. The number of nitriles is 1. The maximum atomic E-state index is 12.4. The minimum Gasteiger partial charge on any atom is -0.207 e. The Hall–Kier alpha value is -1.36. The Morgan fingerprint density at radius 1 is 1.14 bits per heavy atom. The first-order chi connectivity index (χ1) is 6.74. The number of nitrogens with zero attached hydrogens (tertiary/aromatic N) is 1. The molecule has 0 heterocycles. The summed E-state index contributed by atoms with van der Waals surface area (Å²) in [6.45, 7) is 9.78. The van der Waals surface area contributed by atoms with E-state index in [1.807, 2.05) is 33.8 Å². The van der Waals surface area contributed by atoms with Crippen LogP contribution < -0.4 is 0 Å². The lowest BCUT2D eigenvalue weighted by molar-refractivity contribution is 0.627. The number of benzene rings is 1. The number of hydrogen-bond donors (Lipinski definition) is 0. The average Bonchev–Trinajstić information content (AvgIpc) is 2.27. The second-order valence-corrected chi connectivity index (χ2v) is 2.07. The Kier molecular flexibility index (Phi) is 10.5. The van der Waals surface area contributed by atoms with Gasteiger partial charge < -0.3 is 0 Å². The van der Waals surface area contributed by atoms with Crippen molar-refractivity contribution in [3.63, 3.8) is 0 Å². The van der Waals surface area contributed by atoms with Crippen molar-refractivity contribution in [1.82, 2.24) is 0 Å². The minimum absolute atomic E-state index is 0.359. The topological polar surface area (TPSA) is 23.8 Å². The summed E-state index contributed by atoms with van der Waals surface area (Å²) in [4.78, 5) is 0. The maximum absolute atomic E-state index is 12.4. The molecule has 0 aliphatic carbocycles. The lowest BCUT2D eigenvalue weighted by atomic mass is 10.1. The summed E-state index contributed by atoms with van der Waals surface area (Å²) < 4.78 is 12.4. The molecule has 1 nitrogen and oxygen atoms in total. The molecular weight excluding hydrogens is 177 g/mol. The highest BCUT2D eigenvalue weighted by Gasteiger charge is 1.96. The molecular formula is C12H18FN. The van der Waals surface area contributed by atoms with Crippen molar-refractivity contribution in [2.24, 2.45) is 0 Å². The van der Waals surface area contributed by atoms with Gasteiger partial charge in [0, 0.05) is 0 Å². The van der Waals surface area contributed by atoms with E-state index < -0.39 is 0 Å². The highest BCUT2D eigenvalue weighted by Crippen LogP contribution is 2.07. The van der Waals surface area contributed by atoms with Gasteiger partial charge in [-0.15, -0.1) is 0 Å². The van der Waals surface area contributed by atoms with Crippen LogP contribution in [0.3, 0.4) is 0 Å². The summed E-state index contributed by atoms with van der Waals surface area (Å²) in [6.07, 6.45) is 0. The fraction of sp³-hybridized carbons (Fsp3) is 0.417. The Morgan fingerprint density at radius 3 is 2.00 bits per heavy atom. The quantitative estimate of drug-likeness (QED) is 0.612. The van der Waals surface area contributed by atoms with E-state index in [-0.39, 0.29) is 5.82 Å². The highest BCUT2D eigenvalue weighted by atomic mass is 19.1. The van der Waals surface area contributed by atoms with Gasteiger partial charge in [0.2, 0.25) is 0 Å². The second-order valence-electron chi connectivity index (χ2n) is 2.07. The van der Waals surface area contributed by atoms with Gasteiger partial charge in [0.15, 0.2) is 0 Å². The molecule has 0 spiro atoms. The molecule has 0 unspecified atom stereocenters. The van der Waals surface area contributed by atoms with Crippen LogP contribution in [0.25, 0.3) is 0 Å². The second kappa shape index (κ2) is 9.73. The Bertz CT molecular complexity index is 287. The normalized spacial score (nSPS) is 7.21. The van der Waals surface area contributed by atoms with Crippen LogP contribution >= 0.6 is 0 Å². The first-order valence-corrected chi connectivity index (χ1v) is 4.90. The zero-order valence-electron chi connectivity index (χ0n) is 9.56. The van der Waals surface area contributed by atoms with Gasteiger partial charge in [0.05, 0.1) is 11.6 Å². The van der Waals surface area contributed by atoms with E-state index in [9.17, 15) is 4.39 Å². The minimum atomic E-state index is -0.359. The molecule has 0 atom stereocenters. The van der Waals surface area contributed by atoms with Crippen molar-refractivity contribution in [2.45, 2.75) is 34.6 Å². The SMILES string of the molecule is CC.CC.Cc1ccc(F)cc1C#N. The van der Waals surface area contributed by atoms with E-state index in [2.05, 4.69) is 0 Å². The number of rotatable bonds is 0. The van der Waals surface area contributed by atoms with Gasteiger partial charge in [0.25, 0.3) is 0 Å². The fourth-order valence-electron chi connectivity index (χ4n) is 0.715. The third-order valence-corrected chi connectivity index (χ3v) is 1.32. The van der Waals surface area contributed by atoms with Crippen LogP contribution in [0.15, 0.2) is 18.2 Å². The van der Waals surface area contributed by atoms with Gasteiger partial charge in [-0.05, 0) is 24.6 Å². The summed E-state index contributed by atoms with van der Waals surface area (Å²) in [6, 6.07) is 6.06. The summed E-state index contributed by atoms with van der Waals surface area (Å²) >= 11 is 0. The standard InChI is InChI=1S/C8H6FN.2C2H6/c1-6-2-3-8(9)4-7(6)5-10;2*1-2/h2-4H,1H3;2*1-2H3. The van der Waals surface area contributed by atoms with E-state index in [4.69, 9.17) is 5.26 Å². The summed E-state index contributed by atoms with van der Waals surface area (Å²) in [5, 5.41) is 8.43. The molecule has 0 aliphatic rings. The van der Waals surface area contributed by atoms with E-state index in [0.29, 0.717) is 5.56 Å². The van der Waals surface area contributed by atoms with Crippen LogP contribution in [0.2, 0.25) is 0 Å². The first-order valence-electron chi connectivity index (χ1n) is 4.90. The molecule has 1 aromatic carbocycles. The van der Waals surface area contributed by atoms with Crippen molar-refractivity contribution in [1.29, 1.82) is 5.26 Å².